The Morgan fingerprint density at radius 2 is 1.66 bits per heavy atom. The number of hydrogen-bond donors (Lipinski definition) is 1. The third kappa shape index (κ3) is 3.70. The highest BCUT2D eigenvalue weighted by molar-refractivity contribution is 6.12. The molecule has 29 heavy (non-hydrogen) atoms. The normalized spacial score (nSPS) is 15.8. The summed E-state index contributed by atoms with van der Waals surface area (Å²) in [5.74, 6) is 0.760. The Balaban J connectivity index is 1.84. The molecule has 0 bridgehead atoms. The maximum atomic E-state index is 13.5. The zero-order chi connectivity index (χ0) is 20.4. The van der Waals surface area contributed by atoms with Gasteiger partial charge in [-0.25, -0.2) is 0 Å². The summed E-state index contributed by atoms with van der Waals surface area (Å²) in [6, 6.07) is 23.8. The molecule has 0 saturated heterocycles. The number of fused-ring (bicyclic) bond motifs is 1. The second-order valence-electron chi connectivity index (χ2n) is 7.49. The minimum Gasteiger partial charge on any atom is -0.491 e. The Hall–Kier alpha value is -3.27. The van der Waals surface area contributed by atoms with Crippen molar-refractivity contribution in [2.45, 2.75) is 39.5 Å². The van der Waals surface area contributed by atoms with Gasteiger partial charge in [0.05, 0.1) is 11.7 Å². The van der Waals surface area contributed by atoms with Crippen LogP contribution in [-0.2, 0) is 6.42 Å². The number of nitrogens with one attached hydrogen (secondary N) is 1. The Morgan fingerprint density at radius 3 is 2.38 bits per heavy atom. The fraction of sp³-hybridized carbons (Fsp3) is 0.240. The first kappa shape index (κ1) is 19.1. The Morgan fingerprint density at radius 1 is 0.966 bits per heavy atom. The number of para-hydroxylation sites is 2. The van der Waals surface area contributed by atoms with Crippen LogP contribution in [0.1, 0.15) is 48.4 Å². The summed E-state index contributed by atoms with van der Waals surface area (Å²) in [5.41, 5.74) is 4.54. The first-order valence-electron chi connectivity index (χ1n) is 10.1. The molecule has 0 aromatic heterocycles. The van der Waals surface area contributed by atoms with Gasteiger partial charge in [0.15, 0.2) is 0 Å². The van der Waals surface area contributed by atoms with Crippen LogP contribution in [0.5, 0.6) is 5.75 Å². The van der Waals surface area contributed by atoms with E-state index in [-0.39, 0.29) is 18.2 Å². The maximum absolute atomic E-state index is 13.5. The highest BCUT2D eigenvalue weighted by atomic mass is 16.5. The lowest BCUT2D eigenvalue weighted by Crippen LogP contribution is -2.43. The van der Waals surface area contributed by atoms with Crippen molar-refractivity contribution >= 4 is 17.3 Å². The number of rotatable bonds is 5. The van der Waals surface area contributed by atoms with Gasteiger partial charge in [-0.15, -0.1) is 0 Å². The molecule has 4 nitrogen and oxygen atoms in total. The number of carbonyl (C=O) groups excluding carboxylic acids is 1. The van der Waals surface area contributed by atoms with Crippen molar-refractivity contribution < 1.29 is 9.53 Å². The van der Waals surface area contributed by atoms with Gasteiger partial charge in [-0.2, -0.15) is 0 Å². The lowest BCUT2D eigenvalue weighted by molar-refractivity contribution is 0.0974. The molecular weight excluding hydrogens is 360 g/mol. The molecule has 1 aliphatic heterocycles. The van der Waals surface area contributed by atoms with E-state index in [4.69, 9.17) is 4.74 Å². The van der Waals surface area contributed by atoms with Crippen LogP contribution in [-0.4, -0.2) is 12.0 Å². The van der Waals surface area contributed by atoms with Gasteiger partial charge in [-0.1, -0.05) is 49.4 Å². The predicted molar refractivity (Wildman–Crippen MR) is 118 cm³/mol. The second kappa shape index (κ2) is 8.00. The van der Waals surface area contributed by atoms with Crippen LogP contribution in [0.15, 0.2) is 72.8 Å². The highest BCUT2D eigenvalue weighted by Crippen LogP contribution is 2.39. The molecule has 1 amide bonds. The first-order valence-corrected chi connectivity index (χ1v) is 10.1. The predicted octanol–water partition coefficient (Wildman–Crippen LogP) is 5.81. The number of anilines is 2. The van der Waals surface area contributed by atoms with E-state index in [0.717, 1.165) is 29.1 Å². The van der Waals surface area contributed by atoms with E-state index in [1.165, 1.54) is 5.56 Å². The standard InChI is InChI=1S/C25H26N2O2/c1-4-18-13-15-19(16-14-18)27-24(21-10-6-8-12-23(21)29-17(2)3)26-22-11-7-5-9-20(22)25(27)28/h5-17,24,26H,4H2,1-3H3/t24-/m1/s1. The molecule has 148 valence electrons. The van der Waals surface area contributed by atoms with Gasteiger partial charge in [0.1, 0.15) is 11.9 Å². The van der Waals surface area contributed by atoms with Crippen LogP contribution in [0.4, 0.5) is 11.4 Å². The highest BCUT2D eigenvalue weighted by Gasteiger charge is 2.35. The fourth-order valence-corrected chi connectivity index (χ4v) is 3.70. The summed E-state index contributed by atoms with van der Waals surface area (Å²) in [6.45, 7) is 6.14. The second-order valence-corrected chi connectivity index (χ2v) is 7.49. The fourth-order valence-electron chi connectivity index (χ4n) is 3.70. The van der Waals surface area contributed by atoms with Crippen LogP contribution in [0.2, 0.25) is 0 Å². The molecule has 1 atom stereocenters. The molecule has 0 spiro atoms. The van der Waals surface area contributed by atoms with Crippen LogP contribution < -0.4 is 15.0 Å². The summed E-state index contributed by atoms with van der Waals surface area (Å²) >= 11 is 0. The number of nitrogens with zero attached hydrogens (tertiary/aromatic N) is 1. The average Bonchev–Trinajstić information content (AvgIpc) is 2.74. The molecule has 0 radical (unpaired) electrons. The first-order chi connectivity index (χ1) is 14.1. The lowest BCUT2D eigenvalue weighted by Gasteiger charge is -2.38. The van der Waals surface area contributed by atoms with Gasteiger partial charge in [0.2, 0.25) is 0 Å². The number of carbonyl (C=O) groups is 1. The van der Waals surface area contributed by atoms with Gasteiger partial charge in [-0.3, -0.25) is 9.69 Å². The number of amides is 1. The monoisotopic (exact) mass is 386 g/mol. The topological polar surface area (TPSA) is 41.6 Å². The molecule has 1 N–H and O–H groups in total. The van der Waals surface area contributed by atoms with Gasteiger partial charge < -0.3 is 10.1 Å². The van der Waals surface area contributed by atoms with E-state index in [1.54, 1.807) is 0 Å². The number of aryl methyl sites for hydroxylation is 1. The van der Waals surface area contributed by atoms with E-state index >= 15 is 0 Å². The molecule has 3 aromatic carbocycles. The third-order valence-electron chi connectivity index (χ3n) is 5.13. The lowest BCUT2D eigenvalue weighted by atomic mass is 10.0. The average molecular weight is 386 g/mol. The van der Waals surface area contributed by atoms with Gasteiger partial charge in [0, 0.05) is 16.9 Å². The van der Waals surface area contributed by atoms with Crippen molar-refractivity contribution in [2.75, 3.05) is 10.2 Å². The van der Waals surface area contributed by atoms with Crippen LogP contribution in [0.3, 0.4) is 0 Å². The molecule has 4 rings (SSSR count). The maximum Gasteiger partial charge on any atom is 0.262 e. The van der Waals surface area contributed by atoms with Gasteiger partial charge >= 0.3 is 0 Å². The Bertz CT molecular complexity index is 1010. The molecule has 4 heteroatoms. The quantitative estimate of drug-likeness (QED) is 0.602. The van der Waals surface area contributed by atoms with Crippen LogP contribution in [0.25, 0.3) is 0 Å². The van der Waals surface area contributed by atoms with Gasteiger partial charge in [0.25, 0.3) is 5.91 Å². The molecule has 3 aromatic rings. The molecule has 0 aliphatic carbocycles. The van der Waals surface area contributed by atoms with Crippen molar-refractivity contribution in [2.24, 2.45) is 0 Å². The van der Waals surface area contributed by atoms with E-state index < -0.39 is 0 Å². The number of benzene rings is 3. The summed E-state index contributed by atoms with van der Waals surface area (Å²) < 4.78 is 6.06. The zero-order valence-corrected chi connectivity index (χ0v) is 17.1. The van der Waals surface area contributed by atoms with Crippen molar-refractivity contribution in [3.05, 3.63) is 89.5 Å². The van der Waals surface area contributed by atoms with Crippen LogP contribution >= 0.6 is 0 Å². The molecule has 0 saturated carbocycles. The van der Waals surface area contributed by atoms with E-state index in [2.05, 4.69) is 24.4 Å². The molecule has 0 fully saturated rings. The number of hydrogen-bond acceptors (Lipinski definition) is 3. The molecular formula is C25H26N2O2. The summed E-state index contributed by atoms with van der Waals surface area (Å²) in [4.78, 5) is 15.4. The van der Waals surface area contributed by atoms with Crippen molar-refractivity contribution in [3.8, 4) is 5.75 Å². The van der Waals surface area contributed by atoms with Gasteiger partial charge in [-0.05, 0) is 56.2 Å². The smallest absolute Gasteiger partial charge is 0.262 e. The summed E-state index contributed by atoms with van der Waals surface area (Å²) in [5, 5.41) is 3.56. The number of ether oxygens (including phenoxy) is 1. The van der Waals surface area contributed by atoms with Crippen molar-refractivity contribution in [3.63, 3.8) is 0 Å². The molecule has 1 heterocycles. The minimum absolute atomic E-state index is 0.0204. The molecule has 0 unspecified atom stereocenters. The summed E-state index contributed by atoms with van der Waals surface area (Å²) in [6.07, 6.45) is 0.643. The van der Waals surface area contributed by atoms with Crippen molar-refractivity contribution in [1.29, 1.82) is 0 Å². The Kier molecular flexibility index (Phi) is 5.26. The SMILES string of the molecule is CCc1ccc(N2C(=O)c3ccccc3N[C@H]2c2ccccc2OC(C)C)cc1. The van der Waals surface area contributed by atoms with Crippen LogP contribution in [0, 0.1) is 0 Å². The third-order valence-corrected chi connectivity index (χ3v) is 5.13. The zero-order valence-electron chi connectivity index (χ0n) is 17.1. The van der Waals surface area contributed by atoms with E-state index in [9.17, 15) is 4.79 Å². The van der Waals surface area contributed by atoms with Crippen molar-refractivity contribution in [1.82, 2.24) is 0 Å². The van der Waals surface area contributed by atoms with E-state index in [0.29, 0.717) is 5.56 Å². The van der Waals surface area contributed by atoms with E-state index in [1.807, 2.05) is 79.4 Å². The Labute approximate surface area is 172 Å². The minimum atomic E-state index is -0.361. The summed E-state index contributed by atoms with van der Waals surface area (Å²) in [7, 11) is 0. The largest absolute Gasteiger partial charge is 0.491 e. The molecule has 1 aliphatic rings.